The molecule has 0 amide bonds. The standard InChI is InChI=1S/C7H3BrFNO4/c8-5-2-3(10(13)14)1-4(6(5)9)7(11)12/h1-2H,(H,11,12). The molecule has 0 unspecified atom stereocenters. The van der Waals surface area contributed by atoms with Crippen LogP contribution in [0, 0.1) is 15.9 Å². The van der Waals surface area contributed by atoms with E-state index in [4.69, 9.17) is 5.11 Å². The Bertz CT molecular complexity index is 420. The van der Waals surface area contributed by atoms with Crippen LogP contribution in [0.15, 0.2) is 16.6 Å². The highest BCUT2D eigenvalue weighted by Gasteiger charge is 2.19. The van der Waals surface area contributed by atoms with E-state index in [0.717, 1.165) is 6.07 Å². The van der Waals surface area contributed by atoms with Crippen LogP contribution in [0.4, 0.5) is 10.1 Å². The summed E-state index contributed by atoms with van der Waals surface area (Å²) in [6.07, 6.45) is 0. The van der Waals surface area contributed by atoms with Gasteiger partial charge in [0.25, 0.3) is 5.69 Å². The molecule has 5 nitrogen and oxygen atoms in total. The van der Waals surface area contributed by atoms with Crippen LogP contribution >= 0.6 is 15.9 Å². The Labute approximate surface area is 85.4 Å². The van der Waals surface area contributed by atoms with Gasteiger partial charge < -0.3 is 5.11 Å². The lowest BCUT2D eigenvalue weighted by atomic mass is 10.2. The average molecular weight is 264 g/mol. The summed E-state index contributed by atoms with van der Waals surface area (Å²) < 4.78 is 12.8. The Morgan fingerprint density at radius 2 is 2.14 bits per heavy atom. The van der Waals surface area contributed by atoms with Gasteiger partial charge in [0, 0.05) is 12.1 Å². The van der Waals surface area contributed by atoms with E-state index in [1.54, 1.807) is 0 Å². The molecule has 0 fully saturated rings. The fraction of sp³-hybridized carbons (Fsp3) is 0. The highest BCUT2D eigenvalue weighted by atomic mass is 79.9. The maximum atomic E-state index is 13.0. The Morgan fingerprint density at radius 3 is 2.57 bits per heavy atom. The molecule has 0 aromatic heterocycles. The number of carboxylic acid groups (broad SMARTS) is 1. The number of benzene rings is 1. The number of nitro groups is 1. The van der Waals surface area contributed by atoms with Crippen molar-refractivity contribution in [3.05, 3.63) is 38.1 Å². The van der Waals surface area contributed by atoms with Crippen molar-refractivity contribution in [1.82, 2.24) is 0 Å². The Morgan fingerprint density at radius 1 is 1.57 bits per heavy atom. The molecule has 14 heavy (non-hydrogen) atoms. The Kier molecular flexibility index (Phi) is 2.80. The molecule has 1 N–H and O–H groups in total. The molecule has 0 saturated carbocycles. The number of nitrogens with zero attached hydrogens (tertiary/aromatic N) is 1. The molecule has 1 aromatic carbocycles. The summed E-state index contributed by atoms with van der Waals surface area (Å²) in [4.78, 5) is 20.0. The molecule has 0 aliphatic rings. The molecule has 1 rings (SSSR count). The van der Waals surface area contributed by atoms with Crippen molar-refractivity contribution in [2.24, 2.45) is 0 Å². The van der Waals surface area contributed by atoms with Crippen molar-refractivity contribution >= 4 is 27.6 Å². The Hall–Kier alpha value is -1.50. The van der Waals surface area contributed by atoms with Gasteiger partial charge in [-0.05, 0) is 15.9 Å². The number of non-ortho nitro benzene ring substituents is 1. The summed E-state index contributed by atoms with van der Waals surface area (Å²) in [5, 5.41) is 18.8. The molecule has 7 heteroatoms. The average Bonchev–Trinajstić information content (AvgIpc) is 2.08. The van der Waals surface area contributed by atoms with E-state index in [1.807, 2.05) is 0 Å². The zero-order valence-electron chi connectivity index (χ0n) is 6.53. The summed E-state index contributed by atoms with van der Waals surface area (Å²) in [5.41, 5.74) is -1.21. The molecule has 0 bridgehead atoms. The monoisotopic (exact) mass is 263 g/mol. The van der Waals surface area contributed by atoms with Gasteiger partial charge in [-0.15, -0.1) is 0 Å². The number of carbonyl (C=O) groups is 1. The van der Waals surface area contributed by atoms with Gasteiger partial charge in [0.15, 0.2) is 5.82 Å². The number of hydrogen-bond acceptors (Lipinski definition) is 3. The highest BCUT2D eigenvalue weighted by Crippen LogP contribution is 2.25. The summed E-state index contributed by atoms with van der Waals surface area (Å²) in [6, 6.07) is 1.57. The first kappa shape index (κ1) is 10.6. The van der Waals surface area contributed by atoms with Gasteiger partial charge in [-0.2, -0.15) is 0 Å². The van der Waals surface area contributed by atoms with Gasteiger partial charge in [-0.25, -0.2) is 9.18 Å². The number of hydrogen-bond donors (Lipinski definition) is 1. The molecule has 74 valence electrons. The summed E-state index contributed by atoms with van der Waals surface area (Å²) in [5.74, 6) is -2.57. The lowest BCUT2D eigenvalue weighted by Crippen LogP contribution is -2.02. The second kappa shape index (κ2) is 3.70. The zero-order valence-corrected chi connectivity index (χ0v) is 8.12. The number of nitro benzene ring substituents is 1. The molecule has 0 radical (unpaired) electrons. The van der Waals surface area contributed by atoms with Crippen LogP contribution in [-0.2, 0) is 0 Å². The minimum Gasteiger partial charge on any atom is -0.478 e. The van der Waals surface area contributed by atoms with Crippen molar-refractivity contribution < 1.29 is 19.2 Å². The van der Waals surface area contributed by atoms with Gasteiger partial charge in [0.05, 0.1) is 9.40 Å². The molecule has 0 aliphatic carbocycles. The predicted molar refractivity (Wildman–Crippen MR) is 47.7 cm³/mol. The predicted octanol–water partition coefficient (Wildman–Crippen LogP) is 2.19. The van der Waals surface area contributed by atoms with E-state index in [9.17, 15) is 19.3 Å². The largest absolute Gasteiger partial charge is 0.478 e. The van der Waals surface area contributed by atoms with E-state index >= 15 is 0 Å². The van der Waals surface area contributed by atoms with Crippen molar-refractivity contribution in [2.45, 2.75) is 0 Å². The fourth-order valence-electron chi connectivity index (χ4n) is 0.836. The molecular weight excluding hydrogens is 261 g/mol. The smallest absolute Gasteiger partial charge is 0.338 e. The number of rotatable bonds is 2. The van der Waals surface area contributed by atoms with Gasteiger partial charge >= 0.3 is 5.97 Å². The lowest BCUT2D eigenvalue weighted by Gasteiger charge is -1.99. The fourth-order valence-corrected chi connectivity index (χ4v) is 1.28. The molecule has 0 saturated heterocycles. The number of halogens is 2. The summed E-state index contributed by atoms with van der Waals surface area (Å²) in [6.45, 7) is 0. The molecule has 0 atom stereocenters. The normalized spacial score (nSPS) is 9.86. The van der Waals surface area contributed by atoms with Crippen LogP contribution in [0.3, 0.4) is 0 Å². The van der Waals surface area contributed by atoms with Crippen LogP contribution in [0.25, 0.3) is 0 Å². The Balaban J connectivity index is 3.43. The topological polar surface area (TPSA) is 80.4 Å². The van der Waals surface area contributed by atoms with E-state index < -0.39 is 28.0 Å². The first-order valence-corrected chi connectivity index (χ1v) is 4.09. The van der Waals surface area contributed by atoms with Crippen molar-refractivity contribution in [2.75, 3.05) is 0 Å². The maximum Gasteiger partial charge on any atom is 0.338 e. The van der Waals surface area contributed by atoms with Gasteiger partial charge in [-0.3, -0.25) is 10.1 Å². The highest BCUT2D eigenvalue weighted by molar-refractivity contribution is 9.10. The lowest BCUT2D eigenvalue weighted by molar-refractivity contribution is -0.385. The van der Waals surface area contributed by atoms with Crippen molar-refractivity contribution in [3.8, 4) is 0 Å². The minimum absolute atomic E-state index is 0.246. The first-order valence-electron chi connectivity index (χ1n) is 3.30. The van der Waals surface area contributed by atoms with Crippen molar-refractivity contribution in [3.63, 3.8) is 0 Å². The third-order valence-corrected chi connectivity index (χ3v) is 2.03. The third kappa shape index (κ3) is 1.87. The second-order valence-electron chi connectivity index (χ2n) is 2.35. The van der Waals surface area contributed by atoms with Gasteiger partial charge in [-0.1, -0.05) is 0 Å². The van der Waals surface area contributed by atoms with Crippen LogP contribution < -0.4 is 0 Å². The molecular formula is C7H3BrFNO4. The first-order chi connectivity index (χ1) is 6.43. The number of aromatic carboxylic acids is 1. The van der Waals surface area contributed by atoms with Gasteiger partial charge in [0.2, 0.25) is 0 Å². The quantitative estimate of drug-likeness (QED) is 0.655. The second-order valence-corrected chi connectivity index (χ2v) is 3.21. The van der Waals surface area contributed by atoms with Gasteiger partial charge in [0.1, 0.15) is 5.56 Å². The maximum absolute atomic E-state index is 13.0. The van der Waals surface area contributed by atoms with E-state index in [1.165, 1.54) is 0 Å². The number of carboxylic acids is 1. The van der Waals surface area contributed by atoms with Crippen LogP contribution in [0.5, 0.6) is 0 Å². The summed E-state index contributed by atoms with van der Waals surface area (Å²) >= 11 is 2.69. The van der Waals surface area contributed by atoms with Crippen molar-refractivity contribution in [1.29, 1.82) is 0 Å². The van der Waals surface area contributed by atoms with Crippen LogP contribution in [-0.4, -0.2) is 16.0 Å². The van der Waals surface area contributed by atoms with E-state index in [2.05, 4.69) is 15.9 Å². The van der Waals surface area contributed by atoms with E-state index in [-0.39, 0.29) is 4.47 Å². The molecule has 0 aliphatic heterocycles. The molecule has 1 aromatic rings. The SMILES string of the molecule is O=C(O)c1cc([N+](=O)[O-])cc(Br)c1F. The van der Waals surface area contributed by atoms with Crippen LogP contribution in [0.2, 0.25) is 0 Å². The molecule has 0 heterocycles. The summed E-state index contributed by atoms with van der Waals surface area (Å²) in [7, 11) is 0. The van der Waals surface area contributed by atoms with E-state index in [0.29, 0.717) is 6.07 Å². The molecule has 0 spiro atoms. The minimum atomic E-state index is -1.55. The third-order valence-electron chi connectivity index (χ3n) is 1.45. The van der Waals surface area contributed by atoms with Crippen LogP contribution in [0.1, 0.15) is 10.4 Å². The zero-order chi connectivity index (χ0) is 10.9.